The van der Waals surface area contributed by atoms with Gasteiger partial charge in [0.2, 0.25) is 0 Å². The Bertz CT molecular complexity index is 1290. The molecule has 6 nitrogen and oxygen atoms in total. The van der Waals surface area contributed by atoms with Crippen molar-refractivity contribution < 1.29 is 9.53 Å². The summed E-state index contributed by atoms with van der Waals surface area (Å²) >= 11 is 0. The Labute approximate surface area is 199 Å². The van der Waals surface area contributed by atoms with Crippen LogP contribution in [-0.4, -0.2) is 45.7 Å². The number of hydrogen-bond donors (Lipinski definition) is 0. The first-order valence-corrected chi connectivity index (χ1v) is 11.7. The van der Waals surface area contributed by atoms with Gasteiger partial charge in [0.05, 0.1) is 11.7 Å². The molecule has 2 saturated heterocycles. The van der Waals surface area contributed by atoms with Crippen molar-refractivity contribution in [3.63, 3.8) is 0 Å². The minimum absolute atomic E-state index is 0.00164. The molecule has 6 heteroatoms. The van der Waals surface area contributed by atoms with E-state index >= 15 is 0 Å². The van der Waals surface area contributed by atoms with Gasteiger partial charge in [0.25, 0.3) is 0 Å². The van der Waals surface area contributed by atoms with Gasteiger partial charge in [0.15, 0.2) is 0 Å². The maximum atomic E-state index is 13.2. The van der Waals surface area contributed by atoms with Crippen LogP contribution >= 0.6 is 0 Å². The van der Waals surface area contributed by atoms with Gasteiger partial charge in [0.1, 0.15) is 18.7 Å². The SMILES string of the molecule is O=C(N1C[C@@H]2C[C@H]1CN2c1cccc(OCc2ccccc2)c1)n1cnc(-c2ccccc2)c1. The third kappa shape index (κ3) is 3.92. The summed E-state index contributed by atoms with van der Waals surface area (Å²) in [6, 6.07) is 28.9. The van der Waals surface area contributed by atoms with Gasteiger partial charge in [-0.15, -0.1) is 0 Å². The molecule has 2 aliphatic rings. The Morgan fingerprint density at radius 2 is 1.71 bits per heavy atom. The Hall–Kier alpha value is -4.06. The number of likely N-dealkylation sites (tertiary alicyclic amines) is 1. The second kappa shape index (κ2) is 8.71. The summed E-state index contributed by atoms with van der Waals surface area (Å²) < 4.78 is 7.64. The van der Waals surface area contributed by atoms with Crippen molar-refractivity contribution in [1.29, 1.82) is 0 Å². The molecule has 34 heavy (non-hydrogen) atoms. The summed E-state index contributed by atoms with van der Waals surface area (Å²) in [5.74, 6) is 0.865. The molecule has 2 bridgehead atoms. The number of nitrogens with zero attached hydrogens (tertiary/aromatic N) is 4. The first-order valence-electron chi connectivity index (χ1n) is 11.7. The van der Waals surface area contributed by atoms with Gasteiger partial charge >= 0.3 is 6.03 Å². The van der Waals surface area contributed by atoms with Crippen molar-refractivity contribution in [3.8, 4) is 17.0 Å². The first-order chi connectivity index (χ1) is 16.7. The topological polar surface area (TPSA) is 50.6 Å². The second-order valence-electron chi connectivity index (χ2n) is 8.93. The van der Waals surface area contributed by atoms with E-state index in [1.54, 1.807) is 10.9 Å². The number of fused-ring (bicyclic) bond motifs is 2. The maximum absolute atomic E-state index is 13.2. The maximum Gasteiger partial charge on any atom is 0.329 e. The lowest BCUT2D eigenvalue weighted by Crippen LogP contribution is -2.49. The summed E-state index contributed by atoms with van der Waals surface area (Å²) in [6.45, 7) is 2.10. The quantitative estimate of drug-likeness (QED) is 0.427. The average molecular weight is 451 g/mol. The van der Waals surface area contributed by atoms with Crippen molar-refractivity contribution >= 4 is 11.7 Å². The molecule has 3 aromatic carbocycles. The van der Waals surface area contributed by atoms with E-state index in [1.165, 1.54) is 0 Å². The van der Waals surface area contributed by atoms with Crippen molar-refractivity contribution in [1.82, 2.24) is 14.5 Å². The largest absolute Gasteiger partial charge is 0.489 e. The van der Waals surface area contributed by atoms with Gasteiger partial charge in [-0.3, -0.25) is 4.57 Å². The summed E-state index contributed by atoms with van der Waals surface area (Å²) in [7, 11) is 0. The van der Waals surface area contributed by atoms with Gasteiger partial charge in [-0.1, -0.05) is 66.7 Å². The second-order valence-corrected chi connectivity index (χ2v) is 8.93. The van der Waals surface area contributed by atoms with E-state index in [-0.39, 0.29) is 12.1 Å². The van der Waals surface area contributed by atoms with E-state index in [2.05, 4.69) is 34.1 Å². The molecule has 3 heterocycles. The number of carbonyl (C=O) groups is 1. The third-order valence-electron chi connectivity index (χ3n) is 6.76. The number of anilines is 1. The molecule has 2 fully saturated rings. The van der Waals surface area contributed by atoms with E-state index < -0.39 is 0 Å². The number of benzene rings is 3. The van der Waals surface area contributed by atoms with Crippen LogP contribution in [-0.2, 0) is 6.61 Å². The highest BCUT2D eigenvalue weighted by atomic mass is 16.5. The predicted octanol–water partition coefficient (Wildman–Crippen LogP) is 5.06. The zero-order chi connectivity index (χ0) is 22.9. The van der Waals surface area contributed by atoms with E-state index in [9.17, 15) is 4.79 Å². The number of carbonyl (C=O) groups excluding carboxylic acids is 1. The molecule has 2 aliphatic heterocycles. The normalized spacial score (nSPS) is 18.9. The zero-order valence-corrected chi connectivity index (χ0v) is 18.8. The Morgan fingerprint density at radius 1 is 0.912 bits per heavy atom. The molecule has 1 amide bonds. The van der Waals surface area contributed by atoms with E-state index in [0.29, 0.717) is 12.6 Å². The lowest BCUT2D eigenvalue weighted by atomic mass is 10.2. The minimum atomic E-state index is 0.00164. The summed E-state index contributed by atoms with van der Waals surface area (Å²) in [5.41, 5.74) is 4.13. The number of piperazine rings is 1. The van der Waals surface area contributed by atoms with Crippen LogP contribution in [0.25, 0.3) is 11.3 Å². The van der Waals surface area contributed by atoms with Gasteiger partial charge < -0.3 is 14.5 Å². The van der Waals surface area contributed by atoms with Gasteiger partial charge in [0, 0.05) is 42.6 Å². The molecular formula is C28H26N4O2. The fourth-order valence-corrected chi connectivity index (χ4v) is 5.04. The molecule has 4 aromatic rings. The van der Waals surface area contributed by atoms with Crippen molar-refractivity contribution in [2.75, 3.05) is 18.0 Å². The molecule has 0 saturated carbocycles. The van der Waals surface area contributed by atoms with Crippen LogP contribution in [0.2, 0.25) is 0 Å². The Kier molecular flexibility index (Phi) is 5.26. The van der Waals surface area contributed by atoms with E-state index in [1.807, 2.05) is 71.8 Å². The van der Waals surface area contributed by atoms with Crippen molar-refractivity contribution in [2.24, 2.45) is 0 Å². The average Bonchev–Trinajstić information content (AvgIpc) is 3.65. The zero-order valence-electron chi connectivity index (χ0n) is 18.8. The van der Waals surface area contributed by atoms with Crippen LogP contribution in [0.1, 0.15) is 12.0 Å². The highest BCUT2D eigenvalue weighted by Gasteiger charge is 2.45. The first kappa shape index (κ1) is 20.5. The van der Waals surface area contributed by atoms with Gasteiger partial charge in [-0.2, -0.15) is 0 Å². The molecule has 2 atom stereocenters. The highest BCUT2D eigenvalue weighted by Crippen LogP contribution is 2.36. The number of aromatic nitrogens is 2. The van der Waals surface area contributed by atoms with Crippen LogP contribution in [0.15, 0.2) is 97.5 Å². The fraction of sp³-hybridized carbons (Fsp3) is 0.214. The van der Waals surface area contributed by atoms with Gasteiger partial charge in [-0.05, 0) is 24.1 Å². The fourth-order valence-electron chi connectivity index (χ4n) is 5.04. The van der Waals surface area contributed by atoms with E-state index in [4.69, 9.17) is 4.74 Å². The van der Waals surface area contributed by atoms with E-state index in [0.717, 1.165) is 47.8 Å². The van der Waals surface area contributed by atoms with Crippen LogP contribution in [0.3, 0.4) is 0 Å². The molecule has 6 rings (SSSR count). The monoisotopic (exact) mass is 450 g/mol. The van der Waals surface area contributed by atoms with Crippen LogP contribution < -0.4 is 9.64 Å². The predicted molar refractivity (Wildman–Crippen MR) is 132 cm³/mol. The van der Waals surface area contributed by atoms with Crippen molar-refractivity contribution in [3.05, 3.63) is 103 Å². The number of rotatable bonds is 5. The molecule has 0 radical (unpaired) electrons. The number of ether oxygens (including phenoxy) is 1. The lowest BCUT2D eigenvalue weighted by Gasteiger charge is -2.35. The standard InChI is InChI=1S/C28H26N4O2/c33-28(30-18-27(29-20-30)22-10-5-2-6-11-22)32-17-24-14-25(32)16-31(24)23-12-7-13-26(15-23)34-19-21-8-3-1-4-9-21/h1-13,15,18,20,24-25H,14,16-17,19H2/t24-,25-/m0/s1. The lowest BCUT2D eigenvalue weighted by molar-refractivity contribution is 0.190. The highest BCUT2D eigenvalue weighted by molar-refractivity contribution is 5.79. The number of imidazole rings is 1. The smallest absolute Gasteiger partial charge is 0.329 e. The van der Waals surface area contributed by atoms with Crippen molar-refractivity contribution in [2.45, 2.75) is 25.1 Å². The van der Waals surface area contributed by atoms with Crippen LogP contribution in [0.5, 0.6) is 5.75 Å². The Morgan fingerprint density at radius 3 is 2.47 bits per heavy atom. The summed E-state index contributed by atoms with van der Waals surface area (Å²) in [5, 5.41) is 0. The third-order valence-corrected chi connectivity index (χ3v) is 6.76. The Balaban J connectivity index is 1.11. The van der Waals surface area contributed by atoms with Crippen LogP contribution in [0.4, 0.5) is 10.5 Å². The molecule has 0 aliphatic carbocycles. The molecular weight excluding hydrogens is 424 g/mol. The summed E-state index contributed by atoms with van der Waals surface area (Å²) in [4.78, 5) is 22.1. The number of amides is 1. The minimum Gasteiger partial charge on any atom is -0.489 e. The summed E-state index contributed by atoms with van der Waals surface area (Å²) in [6.07, 6.45) is 4.44. The molecule has 1 aromatic heterocycles. The molecule has 170 valence electrons. The molecule has 0 unspecified atom stereocenters. The molecule has 0 spiro atoms. The van der Waals surface area contributed by atoms with Gasteiger partial charge in [-0.25, -0.2) is 9.78 Å². The molecule has 0 N–H and O–H groups in total. The number of hydrogen-bond acceptors (Lipinski definition) is 4. The van der Waals surface area contributed by atoms with Crippen LogP contribution in [0, 0.1) is 0 Å².